The first kappa shape index (κ1) is 35.6. The maximum absolute atomic E-state index is 14.2. The molecule has 0 saturated heterocycles. The molecular formula is C32H39Cl2N3O5S2. The van der Waals surface area contributed by atoms with Gasteiger partial charge >= 0.3 is 0 Å². The molecule has 0 radical (unpaired) electrons. The molecule has 2 amide bonds. The number of ether oxygens (including phenoxy) is 1. The quantitative estimate of drug-likeness (QED) is 0.176. The van der Waals surface area contributed by atoms with Crippen LogP contribution in [0.2, 0.25) is 10.0 Å². The van der Waals surface area contributed by atoms with Gasteiger partial charge in [-0.3, -0.25) is 13.9 Å². The summed E-state index contributed by atoms with van der Waals surface area (Å²) in [6.45, 7) is 7.90. The van der Waals surface area contributed by atoms with E-state index < -0.39 is 28.5 Å². The molecule has 0 aliphatic rings. The van der Waals surface area contributed by atoms with E-state index in [0.29, 0.717) is 40.9 Å². The highest BCUT2D eigenvalue weighted by Crippen LogP contribution is 2.29. The highest BCUT2D eigenvalue weighted by Gasteiger charge is 2.34. The summed E-state index contributed by atoms with van der Waals surface area (Å²) in [5.74, 6) is -0.135. The number of amides is 2. The van der Waals surface area contributed by atoms with E-state index in [4.69, 9.17) is 27.9 Å². The lowest BCUT2D eigenvalue weighted by Crippen LogP contribution is -2.52. The Kier molecular flexibility index (Phi) is 13.3. The number of carbonyl (C=O) groups is 2. The predicted molar refractivity (Wildman–Crippen MR) is 179 cm³/mol. The van der Waals surface area contributed by atoms with Crippen molar-refractivity contribution < 1.29 is 22.7 Å². The Morgan fingerprint density at radius 3 is 2.18 bits per heavy atom. The second-order valence-corrected chi connectivity index (χ2v) is 14.0. The Balaban J connectivity index is 2.08. The van der Waals surface area contributed by atoms with E-state index in [-0.39, 0.29) is 29.0 Å². The van der Waals surface area contributed by atoms with Crippen molar-refractivity contribution in [1.82, 2.24) is 10.2 Å². The summed E-state index contributed by atoms with van der Waals surface area (Å²) < 4.78 is 34.8. The first-order chi connectivity index (χ1) is 20.9. The standard InChI is InChI=1S/C32H39Cl2N3O5S2/c1-6-30(32(39)35-19-22(3)4)36(20-23-8-9-24(33)18-29(23)34)31(38)21-37(25-10-12-26(13-11-25)42-7-2)44(40,41)28-16-14-27(43-5)15-17-28/h8-18,22,30H,6-7,19-21H2,1-5H3,(H,35,39)/t30-/m0/s1. The van der Waals surface area contributed by atoms with E-state index in [9.17, 15) is 18.0 Å². The van der Waals surface area contributed by atoms with Gasteiger partial charge in [0.1, 0.15) is 18.3 Å². The SMILES string of the molecule is CCOc1ccc(N(CC(=O)N(Cc2ccc(Cl)cc2Cl)[C@@H](CC)C(=O)NCC(C)C)S(=O)(=O)c2ccc(SC)cc2)cc1. The molecule has 238 valence electrons. The molecule has 1 N–H and O–H groups in total. The minimum Gasteiger partial charge on any atom is -0.494 e. The molecular weight excluding hydrogens is 641 g/mol. The molecule has 3 aromatic carbocycles. The Bertz CT molecular complexity index is 1520. The maximum atomic E-state index is 14.2. The Morgan fingerprint density at radius 2 is 1.64 bits per heavy atom. The average molecular weight is 681 g/mol. The van der Waals surface area contributed by atoms with Crippen molar-refractivity contribution in [3.05, 3.63) is 82.3 Å². The number of nitrogens with one attached hydrogen (secondary N) is 1. The molecule has 0 spiro atoms. The molecule has 0 aliphatic carbocycles. The first-order valence-corrected chi connectivity index (χ1v) is 17.7. The second-order valence-electron chi connectivity index (χ2n) is 10.4. The van der Waals surface area contributed by atoms with Crippen LogP contribution < -0.4 is 14.4 Å². The van der Waals surface area contributed by atoms with E-state index in [1.807, 2.05) is 27.0 Å². The maximum Gasteiger partial charge on any atom is 0.264 e. The van der Waals surface area contributed by atoms with Crippen molar-refractivity contribution in [1.29, 1.82) is 0 Å². The molecule has 0 aliphatic heterocycles. The lowest BCUT2D eigenvalue weighted by atomic mass is 10.1. The molecule has 1 atom stereocenters. The average Bonchev–Trinajstić information content (AvgIpc) is 3.00. The molecule has 0 fully saturated rings. The number of halogens is 2. The van der Waals surface area contributed by atoms with Gasteiger partial charge in [0.15, 0.2) is 0 Å². The Morgan fingerprint density at radius 1 is 0.977 bits per heavy atom. The van der Waals surface area contributed by atoms with Crippen LogP contribution in [0, 0.1) is 5.92 Å². The number of sulfonamides is 1. The van der Waals surface area contributed by atoms with Crippen LogP contribution in [0.1, 0.15) is 39.7 Å². The van der Waals surface area contributed by atoms with Crippen molar-refractivity contribution in [3.8, 4) is 5.75 Å². The van der Waals surface area contributed by atoms with E-state index in [1.54, 1.807) is 61.5 Å². The summed E-state index contributed by atoms with van der Waals surface area (Å²) in [4.78, 5) is 29.9. The van der Waals surface area contributed by atoms with Gasteiger partial charge in [0.25, 0.3) is 10.0 Å². The number of hydrogen-bond acceptors (Lipinski definition) is 6. The molecule has 3 aromatic rings. The van der Waals surface area contributed by atoms with Crippen LogP contribution in [-0.2, 0) is 26.2 Å². The number of anilines is 1. The monoisotopic (exact) mass is 679 g/mol. The summed E-state index contributed by atoms with van der Waals surface area (Å²) in [5.41, 5.74) is 0.847. The van der Waals surface area contributed by atoms with Gasteiger partial charge in [-0.15, -0.1) is 11.8 Å². The normalized spacial score (nSPS) is 12.1. The molecule has 0 bridgehead atoms. The largest absolute Gasteiger partial charge is 0.494 e. The van der Waals surface area contributed by atoms with Gasteiger partial charge < -0.3 is 15.0 Å². The fourth-order valence-electron chi connectivity index (χ4n) is 4.45. The number of nitrogens with zero attached hydrogens (tertiary/aromatic N) is 2. The lowest BCUT2D eigenvalue weighted by molar-refractivity contribution is -0.140. The molecule has 12 heteroatoms. The van der Waals surface area contributed by atoms with Crippen molar-refractivity contribution in [2.45, 2.75) is 56.5 Å². The van der Waals surface area contributed by atoms with Gasteiger partial charge in [0, 0.05) is 28.0 Å². The smallest absolute Gasteiger partial charge is 0.264 e. The zero-order valence-corrected chi connectivity index (χ0v) is 28.7. The fraction of sp³-hybridized carbons (Fsp3) is 0.375. The van der Waals surface area contributed by atoms with Crippen LogP contribution in [0.15, 0.2) is 76.5 Å². The molecule has 0 aromatic heterocycles. The van der Waals surface area contributed by atoms with Gasteiger partial charge in [-0.2, -0.15) is 0 Å². The van der Waals surface area contributed by atoms with Crippen molar-refractivity contribution in [2.24, 2.45) is 5.92 Å². The summed E-state index contributed by atoms with van der Waals surface area (Å²) in [5, 5.41) is 3.67. The van der Waals surface area contributed by atoms with Crippen molar-refractivity contribution in [2.75, 3.05) is 30.3 Å². The predicted octanol–water partition coefficient (Wildman–Crippen LogP) is 6.89. The molecule has 44 heavy (non-hydrogen) atoms. The molecule has 8 nitrogen and oxygen atoms in total. The van der Waals surface area contributed by atoms with Crippen molar-refractivity contribution >= 4 is 62.5 Å². The molecule has 3 rings (SSSR count). The molecule has 0 unspecified atom stereocenters. The zero-order valence-electron chi connectivity index (χ0n) is 25.5. The zero-order chi connectivity index (χ0) is 32.4. The van der Waals surface area contributed by atoms with Crippen LogP contribution in [0.3, 0.4) is 0 Å². The van der Waals surface area contributed by atoms with Gasteiger partial charge in [0.2, 0.25) is 11.8 Å². The number of benzene rings is 3. The summed E-state index contributed by atoms with van der Waals surface area (Å²) in [6.07, 6.45) is 2.20. The van der Waals surface area contributed by atoms with Crippen LogP contribution >= 0.6 is 35.0 Å². The number of carbonyl (C=O) groups excluding carboxylic acids is 2. The molecule has 0 saturated carbocycles. The van der Waals surface area contributed by atoms with Gasteiger partial charge in [0.05, 0.1) is 17.2 Å². The third-order valence-electron chi connectivity index (χ3n) is 6.79. The van der Waals surface area contributed by atoms with Crippen LogP contribution in [0.5, 0.6) is 5.75 Å². The van der Waals surface area contributed by atoms with Gasteiger partial charge in [-0.05, 0) is 91.7 Å². The molecule has 0 heterocycles. The van der Waals surface area contributed by atoms with E-state index in [1.165, 1.54) is 28.8 Å². The fourth-order valence-corrected chi connectivity index (χ4v) is 6.75. The lowest BCUT2D eigenvalue weighted by Gasteiger charge is -2.33. The van der Waals surface area contributed by atoms with Crippen LogP contribution in [0.25, 0.3) is 0 Å². The highest BCUT2D eigenvalue weighted by molar-refractivity contribution is 7.98. The summed E-state index contributed by atoms with van der Waals surface area (Å²) in [6, 6.07) is 17.0. The topological polar surface area (TPSA) is 96.0 Å². The second kappa shape index (κ2) is 16.4. The Hall–Kier alpha value is -2.92. The third kappa shape index (κ3) is 9.30. The number of rotatable bonds is 15. The number of hydrogen-bond donors (Lipinski definition) is 1. The minimum absolute atomic E-state index is 0.0258. The highest BCUT2D eigenvalue weighted by atomic mass is 35.5. The summed E-state index contributed by atoms with van der Waals surface area (Å²) in [7, 11) is -4.20. The van der Waals surface area contributed by atoms with E-state index >= 15 is 0 Å². The number of thioether (sulfide) groups is 1. The minimum atomic E-state index is -4.20. The van der Waals surface area contributed by atoms with Gasteiger partial charge in [-0.1, -0.05) is 50.0 Å². The van der Waals surface area contributed by atoms with Crippen molar-refractivity contribution in [3.63, 3.8) is 0 Å². The first-order valence-electron chi connectivity index (χ1n) is 14.3. The third-order valence-corrected chi connectivity index (χ3v) is 9.91. The van der Waals surface area contributed by atoms with Gasteiger partial charge in [-0.25, -0.2) is 8.42 Å². The summed E-state index contributed by atoms with van der Waals surface area (Å²) >= 11 is 14.1. The van der Waals surface area contributed by atoms with E-state index in [0.717, 1.165) is 9.20 Å². The van der Waals surface area contributed by atoms with E-state index in [2.05, 4.69) is 5.32 Å². The van der Waals surface area contributed by atoms with Crippen LogP contribution in [0.4, 0.5) is 5.69 Å². The Labute approximate surface area is 275 Å². The van der Waals surface area contributed by atoms with Crippen LogP contribution in [-0.4, -0.2) is 57.1 Å².